The van der Waals surface area contributed by atoms with Gasteiger partial charge in [-0.15, -0.1) is 0 Å². The molecular formula is C27H31N7O. The second kappa shape index (κ2) is 9.47. The zero-order chi connectivity index (χ0) is 23.8. The summed E-state index contributed by atoms with van der Waals surface area (Å²) in [7, 11) is 0. The van der Waals surface area contributed by atoms with E-state index in [1.54, 1.807) is 0 Å². The van der Waals surface area contributed by atoms with Crippen LogP contribution in [0.15, 0.2) is 24.3 Å². The van der Waals surface area contributed by atoms with Crippen LogP contribution >= 0.6 is 0 Å². The monoisotopic (exact) mass is 469 g/mol. The van der Waals surface area contributed by atoms with Crippen LogP contribution in [0.2, 0.25) is 0 Å². The van der Waals surface area contributed by atoms with Crippen LogP contribution in [0.3, 0.4) is 0 Å². The molecule has 1 aromatic carbocycles. The van der Waals surface area contributed by atoms with Crippen LogP contribution in [0.1, 0.15) is 29.5 Å². The van der Waals surface area contributed by atoms with Crippen LogP contribution in [0.4, 0.5) is 5.82 Å². The lowest BCUT2D eigenvalue weighted by molar-refractivity contribution is 0.0327. The number of nitrogens with zero attached hydrogens (tertiary/aromatic N) is 7. The predicted octanol–water partition coefficient (Wildman–Crippen LogP) is 2.79. The number of anilines is 1. The first-order chi connectivity index (χ1) is 17.3. The average molecular weight is 470 g/mol. The number of imidazole rings is 1. The molecule has 2 saturated heterocycles. The van der Waals surface area contributed by atoms with Gasteiger partial charge in [0.1, 0.15) is 11.9 Å². The minimum Gasteiger partial charge on any atom is -0.379 e. The van der Waals surface area contributed by atoms with Crippen LogP contribution in [0.5, 0.6) is 0 Å². The molecule has 3 aliphatic heterocycles. The Morgan fingerprint density at radius 2 is 1.71 bits per heavy atom. The molecule has 0 atom stereocenters. The van der Waals surface area contributed by atoms with E-state index in [4.69, 9.17) is 9.72 Å². The maximum atomic E-state index is 10.2. The number of ether oxygens (including phenoxy) is 1. The Balaban J connectivity index is 1.43. The van der Waals surface area contributed by atoms with Crippen molar-refractivity contribution in [1.29, 1.82) is 10.5 Å². The Morgan fingerprint density at radius 3 is 2.49 bits per heavy atom. The highest BCUT2D eigenvalue weighted by Gasteiger charge is 2.31. The summed E-state index contributed by atoms with van der Waals surface area (Å²) in [5.74, 6) is 1.30. The van der Waals surface area contributed by atoms with Gasteiger partial charge >= 0.3 is 0 Å². The normalized spacial score (nSPS) is 20.1. The molecule has 8 nitrogen and oxygen atoms in total. The summed E-state index contributed by atoms with van der Waals surface area (Å²) in [6.07, 6.45) is 2.61. The highest BCUT2D eigenvalue weighted by molar-refractivity contribution is 5.86. The number of para-hydroxylation sites is 2. The number of pyridine rings is 1. The van der Waals surface area contributed by atoms with E-state index in [-0.39, 0.29) is 5.92 Å². The molecule has 2 fully saturated rings. The molecule has 35 heavy (non-hydrogen) atoms. The number of aromatic nitrogens is 2. The first kappa shape index (κ1) is 22.3. The first-order valence-electron chi connectivity index (χ1n) is 12.8. The van der Waals surface area contributed by atoms with Crippen LogP contribution in [0.25, 0.3) is 16.7 Å². The number of morpholine rings is 1. The third kappa shape index (κ3) is 4.02. The van der Waals surface area contributed by atoms with Gasteiger partial charge < -0.3 is 9.64 Å². The van der Waals surface area contributed by atoms with Gasteiger partial charge in [0.25, 0.3) is 0 Å². The smallest absolute Gasteiger partial charge is 0.157 e. The maximum Gasteiger partial charge on any atom is 0.157 e. The van der Waals surface area contributed by atoms with Crippen molar-refractivity contribution in [3.05, 3.63) is 41.0 Å². The van der Waals surface area contributed by atoms with Crippen molar-refractivity contribution < 1.29 is 4.74 Å². The van der Waals surface area contributed by atoms with Crippen molar-refractivity contribution in [3.63, 3.8) is 0 Å². The molecule has 3 aromatic rings. The summed E-state index contributed by atoms with van der Waals surface area (Å²) in [4.78, 5) is 12.4. The molecule has 0 unspecified atom stereocenters. The van der Waals surface area contributed by atoms with Gasteiger partial charge in [-0.05, 0) is 37.0 Å². The van der Waals surface area contributed by atoms with Crippen molar-refractivity contribution in [2.24, 2.45) is 5.92 Å². The number of benzene rings is 1. The van der Waals surface area contributed by atoms with Crippen LogP contribution < -0.4 is 4.90 Å². The molecule has 180 valence electrons. The van der Waals surface area contributed by atoms with Gasteiger partial charge in [-0.1, -0.05) is 12.1 Å². The van der Waals surface area contributed by atoms with Crippen LogP contribution in [0, 0.1) is 28.6 Å². The Labute approximate surface area is 205 Å². The summed E-state index contributed by atoms with van der Waals surface area (Å²) >= 11 is 0. The largest absolute Gasteiger partial charge is 0.379 e. The molecule has 3 aliphatic rings. The zero-order valence-corrected chi connectivity index (χ0v) is 20.1. The minimum atomic E-state index is 0.125. The van der Waals surface area contributed by atoms with Gasteiger partial charge in [-0.2, -0.15) is 10.5 Å². The summed E-state index contributed by atoms with van der Waals surface area (Å²) in [5.41, 5.74) is 5.89. The summed E-state index contributed by atoms with van der Waals surface area (Å²) in [6.45, 7) is 9.21. The standard InChI is InChI=1S/C27H31N7O/c28-17-20-5-9-33(10-6-20)27-23-19-32(12-11-31-13-15-35-16-14-31)8-7-21(23)22(18-29)26-30-24-3-1-2-4-25(24)34(26)27/h1-4,20H,5-16,19H2. The molecule has 6 rings (SSSR count). The molecule has 0 radical (unpaired) electrons. The molecule has 0 bridgehead atoms. The molecular weight excluding hydrogens is 438 g/mol. The quantitative estimate of drug-likeness (QED) is 0.581. The Kier molecular flexibility index (Phi) is 6.03. The van der Waals surface area contributed by atoms with Crippen LogP contribution in [-0.2, 0) is 17.7 Å². The van der Waals surface area contributed by atoms with Crippen LogP contribution in [-0.4, -0.2) is 78.2 Å². The van der Waals surface area contributed by atoms with E-state index in [0.717, 1.165) is 113 Å². The van der Waals surface area contributed by atoms with E-state index >= 15 is 0 Å². The predicted molar refractivity (Wildman–Crippen MR) is 134 cm³/mol. The molecule has 0 aliphatic carbocycles. The van der Waals surface area contributed by atoms with E-state index in [9.17, 15) is 10.5 Å². The molecule has 0 N–H and O–H groups in total. The Hall–Kier alpha value is -3.17. The van der Waals surface area contributed by atoms with Crippen molar-refractivity contribution in [3.8, 4) is 12.1 Å². The number of fused-ring (bicyclic) bond motifs is 4. The molecule has 0 saturated carbocycles. The van der Waals surface area contributed by atoms with Gasteiger partial charge in [0.15, 0.2) is 5.65 Å². The SMILES string of the molecule is N#Cc1c2c(c(N3CCC(C#N)CC3)n3c1nc1ccccc13)CN(CCN1CCOCC1)CC2. The number of rotatable bonds is 4. The van der Waals surface area contributed by atoms with Gasteiger partial charge in [0, 0.05) is 63.8 Å². The molecule has 0 amide bonds. The fourth-order valence-corrected chi connectivity index (χ4v) is 5.95. The van der Waals surface area contributed by atoms with Crippen molar-refractivity contribution in [2.45, 2.75) is 25.8 Å². The number of piperidine rings is 1. The fraction of sp³-hybridized carbons (Fsp3) is 0.519. The lowest BCUT2D eigenvalue weighted by atomic mass is 9.93. The third-order valence-corrected chi connectivity index (χ3v) is 7.92. The summed E-state index contributed by atoms with van der Waals surface area (Å²) in [5, 5.41) is 19.7. The van der Waals surface area contributed by atoms with Crippen molar-refractivity contribution in [2.75, 3.05) is 63.9 Å². The third-order valence-electron chi connectivity index (χ3n) is 7.92. The van der Waals surface area contributed by atoms with E-state index in [1.807, 2.05) is 18.2 Å². The van der Waals surface area contributed by atoms with Gasteiger partial charge in [-0.3, -0.25) is 14.2 Å². The minimum absolute atomic E-state index is 0.125. The van der Waals surface area contributed by atoms with E-state index in [1.165, 1.54) is 11.4 Å². The number of hydrogen-bond donors (Lipinski definition) is 0. The van der Waals surface area contributed by atoms with E-state index < -0.39 is 0 Å². The lowest BCUT2D eigenvalue weighted by Crippen LogP contribution is -2.43. The summed E-state index contributed by atoms with van der Waals surface area (Å²) < 4.78 is 7.74. The second-order valence-electron chi connectivity index (χ2n) is 9.90. The highest BCUT2D eigenvalue weighted by atomic mass is 16.5. The highest BCUT2D eigenvalue weighted by Crippen LogP contribution is 2.38. The fourth-order valence-electron chi connectivity index (χ4n) is 5.95. The first-order valence-corrected chi connectivity index (χ1v) is 12.8. The second-order valence-corrected chi connectivity index (χ2v) is 9.90. The van der Waals surface area contributed by atoms with Gasteiger partial charge in [-0.25, -0.2) is 4.98 Å². The summed E-state index contributed by atoms with van der Waals surface area (Å²) in [6, 6.07) is 13.2. The van der Waals surface area contributed by atoms with Crippen molar-refractivity contribution in [1.82, 2.24) is 19.2 Å². The van der Waals surface area contributed by atoms with Gasteiger partial charge in [0.2, 0.25) is 0 Å². The Morgan fingerprint density at radius 1 is 0.943 bits per heavy atom. The Bertz CT molecular complexity index is 1320. The molecule has 0 spiro atoms. The average Bonchev–Trinajstić information content (AvgIpc) is 3.30. The zero-order valence-electron chi connectivity index (χ0n) is 20.1. The maximum absolute atomic E-state index is 10.2. The number of nitriles is 2. The number of hydrogen-bond acceptors (Lipinski definition) is 7. The molecule has 5 heterocycles. The van der Waals surface area contributed by atoms with Crippen molar-refractivity contribution >= 4 is 22.5 Å². The molecule has 8 heteroatoms. The van der Waals surface area contributed by atoms with Gasteiger partial charge in [0.05, 0.1) is 35.9 Å². The molecule has 2 aromatic heterocycles. The van der Waals surface area contributed by atoms with E-state index in [2.05, 4.69) is 37.3 Å². The lowest BCUT2D eigenvalue weighted by Gasteiger charge is -2.38. The topological polar surface area (TPSA) is 83.8 Å². The van der Waals surface area contributed by atoms with E-state index in [0.29, 0.717) is 0 Å².